The highest BCUT2D eigenvalue weighted by atomic mass is 32.1. The Labute approximate surface area is 203 Å². The van der Waals surface area contributed by atoms with Crippen LogP contribution in [0, 0.1) is 10.7 Å². The van der Waals surface area contributed by atoms with Gasteiger partial charge >= 0.3 is 0 Å². The zero-order chi connectivity index (χ0) is 23.2. The topological polar surface area (TPSA) is 88.1 Å². The number of nitrogens with zero attached hydrogens (tertiary/aromatic N) is 4. The Bertz CT molecular complexity index is 1120. The minimum Gasteiger partial charge on any atom is -0.494 e. The van der Waals surface area contributed by atoms with Gasteiger partial charge in [-0.05, 0) is 68.7 Å². The van der Waals surface area contributed by atoms with Crippen molar-refractivity contribution >= 4 is 34.6 Å². The van der Waals surface area contributed by atoms with Crippen molar-refractivity contribution in [2.45, 2.75) is 46.2 Å². The van der Waals surface area contributed by atoms with Crippen molar-refractivity contribution in [3.05, 3.63) is 40.1 Å². The van der Waals surface area contributed by atoms with Crippen molar-refractivity contribution in [1.82, 2.24) is 24.6 Å². The van der Waals surface area contributed by atoms with Gasteiger partial charge in [0.2, 0.25) is 5.91 Å². The number of rotatable bonds is 9. The number of carbonyl (C=O) groups excluding carboxylic acids is 1. The van der Waals surface area contributed by atoms with Gasteiger partial charge in [0, 0.05) is 37.0 Å². The predicted molar refractivity (Wildman–Crippen MR) is 133 cm³/mol. The maximum absolute atomic E-state index is 12.6. The quantitative estimate of drug-likeness (QED) is 0.426. The lowest BCUT2D eigenvalue weighted by atomic mass is 10.0. The van der Waals surface area contributed by atoms with Gasteiger partial charge in [0.05, 0.1) is 12.3 Å². The molecule has 10 heteroatoms. The molecule has 0 aliphatic carbocycles. The predicted octanol–water partition coefficient (Wildman–Crippen LogP) is 4.72. The fourth-order valence-electron chi connectivity index (χ4n) is 4.10. The summed E-state index contributed by atoms with van der Waals surface area (Å²) >= 11 is 6.86. The molecule has 1 unspecified atom stereocenters. The Hall–Kier alpha value is -2.56. The summed E-state index contributed by atoms with van der Waals surface area (Å²) in [6, 6.07) is 7.68. The molecule has 3 aromatic rings. The van der Waals surface area contributed by atoms with Crippen LogP contribution in [-0.2, 0) is 17.9 Å². The van der Waals surface area contributed by atoms with E-state index < -0.39 is 0 Å². The number of carbonyl (C=O) groups is 1. The molecule has 4 rings (SSSR count). The molecule has 1 aliphatic heterocycles. The van der Waals surface area contributed by atoms with Gasteiger partial charge in [-0.2, -0.15) is 5.10 Å². The summed E-state index contributed by atoms with van der Waals surface area (Å²) in [4.78, 5) is 19.6. The number of hydrogen-bond acceptors (Lipinski definition) is 7. The first-order valence-electron chi connectivity index (χ1n) is 11.4. The maximum atomic E-state index is 12.6. The molecule has 0 saturated carbocycles. The van der Waals surface area contributed by atoms with Gasteiger partial charge in [0.1, 0.15) is 5.75 Å². The lowest BCUT2D eigenvalue weighted by molar-refractivity contribution is -0.116. The fourth-order valence-corrected chi connectivity index (χ4v) is 5.04. The lowest BCUT2D eigenvalue weighted by Gasteiger charge is -2.30. The minimum absolute atomic E-state index is 0.0942. The van der Waals surface area contributed by atoms with E-state index in [1.54, 1.807) is 0 Å². The number of nitrogens with one attached hydrogen (secondary N) is 2. The van der Waals surface area contributed by atoms with Crippen LogP contribution in [0.15, 0.2) is 29.6 Å². The normalized spacial score (nSPS) is 16.6. The van der Waals surface area contributed by atoms with Crippen molar-refractivity contribution < 1.29 is 9.53 Å². The van der Waals surface area contributed by atoms with E-state index >= 15 is 0 Å². The number of likely N-dealkylation sites (tertiary alicyclic amines) is 1. The number of piperidine rings is 1. The number of benzene rings is 1. The van der Waals surface area contributed by atoms with E-state index in [1.165, 1.54) is 24.2 Å². The molecule has 1 amide bonds. The van der Waals surface area contributed by atoms with Crippen LogP contribution in [0.4, 0.5) is 5.13 Å². The summed E-state index contributed by atoms with van der Waals surface area (Å²) in [5.41, 5.74) is 1.92. The Balaban J connectivity index is 1.33. The zero-order valence-corrected chi connectivity index (χ0v) is 20.7. The molecule has 2 N–H and O–H groups in total. The van der Waals surface area contributed by atoms with Crippen molar-refractivity contribution in [1.29, 1.82) is 0 Å². The summed E-state index contributed by atoms with van der Waals surface area (Å²) in [6.07, 6.45) is 2.82. The second-order valence-electron chi connectivity index (χ2n) is 8.39. The SMILES string of the molecule is CCOc1ccc(-c2n[nH]c(=S)n2CCC(=O)Nc2nc(CN3CCCC(C)C3)cs2)cc1. The van der Waals surface area contributed by atoms with Gasteiger partial charge in [0.25, 0.3) is 0 Å². The molecular formula is C23H30N6O2S2. The molecule has 1 saturated heterocycles. The third kappa shape index (κ3) is 6.27. The maximum Gasteiger partial charge on any atom is 0.227 e. The second-order valence-corrected chi connectivity index (χ2v) is 9.63. The average molecular weight is 487 g/mol. The van der Waals surface area contributed by atoms with Crippen LogP contribution in [0.3, 0.4) is 0 Å². The number of amides is 1. The molecule has 1 aromatic carbocycles. The highest BCUT2D eigenvalue weighted by molar-refractivity contribution is 7.71. The van der Waals surface area contributed by atoms with Gasteiger partial charge in [-0.25, -0.2) is 4.98 Å². The molecule has 0 radical (unpaired) electrons. The molecule has 0 spiro atoms. The summed E-state index contributed by atoms with van der Waals surface area (Å²) in [7, 11) is 0. The molecular weight excluding hydrogens is 456 g/mol. The highest BCUT2D eigenvalue weighted by Gasteiger charge is 2.18. The molecule has 1 atom stereocenters. The van der Waals surface area contributed by atoms with E-state index in [4.69, 9.17) is 17.0 Å². The van der Waals surface area contributed by atoms with Crippen LogP contribution < -0.4 is 10.1 Å². The number of thiazole rings is 1. The molecule has 176 valence electrons. The van der Waals surface area contributed by atoms with Gasteiger partial charge in [-0.3, -0.25) is 19.4 Å². The van der Waals surface area contributed by atoms with E-state index in [2.05, 4.69) is 32.3 Å². The lowest BCUT2D eigenvalue weighted by Crippen LogP contribution is -2.33. The standard InChI is InChI=1S/C23H30N6O2S2/c1-3-31-19-8-6-17(7-9-19)21-26-27-23(32)29(21)12-10-20(30)25-22-24-18(15-33-22)14-28-11-4-5-16(2)13-28/h6-9,15-16H,3-5,10-14H2,1-2H3,(H,27,32)(H,24,25,30). The van der Waals surface area contributed by atoms with Crippen LogP contribution >= 0.6 is 23.6 Å². The molecule has 1 fully saturated rings. The first-order valence-corrected chi connectivity index (χ1v) is 12.7. The number of aromatic nitrogens is 4. The van der Waals surface area contributed by atoms with Gasteiger partial charge < -0.3 is 10.1 Å². The van der Waals surface area contributed by atoms with Crippen molar-refractivity contribution in [2.24, 2.45) is 5.92 Å². The highest BCUT2D eigenvalue weighted by Crippen LogP contribution is 2.23. The Morgan fingerprint density at radius 2 is 2.18 bits per heavy atom. The average Bonchev–Trinajstić information content (AvgIpc) is 3.39. The summed E-state index contributed by atoms with van der Waals surface area (Å²) in [5, 5.41) is 12.8. The number of ether oxygens (including phenoxy) is 1. The largest absolute Gasteiger partial charge is 0.494 e. The van der Waals surface area contributed by atoms with E-state index in [0.717, 1.165) is 42.6 Å². The minimum atomic E-state index is -0.0942. The molecule has 1 aliphatic rings. The number of hydrogen-bond donors (Lipinski definition) is 2. The number of H-pyrrole nitrogens is 1. The molecule has 2 aromatic heterocycles. The fraction of sp³-hybridized carbons (Fsp3) is 0.478. The van der Waals surface area contributed by atoms with Crippen LogP contribution in [0.5, 0.6) is 5.75 Å². The third-order valence-electron chi connectivity index (χ3n) is 5.67. The first-order chi connectivity index (χ1) is 16.0. The summed E-state index contributed by atoms with van der Waals surface area (Å²) < 4.78 is 7.83. The molecule has 33 heavy (non-hydrogen) atoms. The van der Waals surface area contributed by atoms with E-state index in [9.17, 15) is 4.79 Å². The van der Waals surface area contributed by atoms with Gasteiger partial charge in [-0.1, -0.05) is 6.92 Å². The van der Waals surface area contributed by atoms with E-state index in [-0.39, 0.29) is 12.3 Å². The Morgan fingerprint density at radius 1 is 1.36 bits per heavy atom. The first kappa shape index (κ1) is 23.6. The smallest absolute Gasteiger partial charge is 0.227 e. The third-order valence-corrected chi connectivity index (χ3v) is 6.79. The molecule has 0 bridgehead atoms. The van der Waals surface area contributed by atoms with E-state index in [1.807, 2.05) is 41.1 Å². The van der Waals surface area contributed by atoms with Crippen molar-refractivity contribution in [2.75, 3.05) is 25.0 Å². The van der Waals surface area contributed by atoms with Crippen molar-refractivity contribution in [3.63, 3.8) is 0 Å². The van der Waals surface area contributed by atoms with Crippen LogP contribution in [0.2, 0.25) is 0 Å². The van der Waals surface area contributed by atoms with Crippen molar-refractivity contribution in [3.8, 4) is 17.1 Å². The Morgan fingerprint density at radius 3 is 2.94 bits per heavy atom. The summed E-state index contributed by atoms with van der Waals surface area (Å²) in [6.45, 7) is 8.36. The molecule has 8 nitrogen and oxygen atoms in total. The number of aromatic amines is 1. The van der Waals surface area contributed by atoms with Crippen LogP contribution in [0.25, 0.3) is 11.4 Å². The van der Waals surface area contributed by atoms with E-state index in [0.29, 0.717) is 28.9 Å². The molecule has 3 heterocycles. The number of anilines is 1. The monoisotopic (exact) mass is 486 g/mol. The van der Waals surface area contributed by atoms with Crippen LogP contribution in [0.1, 0.15) is 38.8 Å². The summed E-state index contributed by atoms with van der Waals surface area (Å²) in [5.74, 6) is 2.14. The van der Waals surface area contributed by atoms with Crippen LogP contribution in [-0.4, -0.2) is 50.3 Å². The zero-order valence-electron chi connectivity index (χ0n) is 19.0. The second kappa shape index (κ2) is 11.0. The van der Waals surface area contributed by atoms with Gasteiger partial charge in [0.15, 0.2) is 15.7 Å². The van der Waals surface area contributed by atoms with Gasteiger partial charge in [-0.15, -0.1) is 11.3 Å². The Kier molecular flexibility index (Phi) is 7.89.